The van der Waals surface area contributed by atoms with Crippen LogP contribution in [0.2, 0.25) is 0 Å². The van der Waals surface area contributed by atoms with Gasteiger partial charge in [-0.2, -0.15) is 4.89 Å². The normalized spacial score (nSPS) is 12.6. The summed E-state index contributed by atoms with van der Waals surface area (Å²) in [4.78, 5) is 21.0. The van der Waals surface area contributed by atoms with Gasteiger partial charge in [0.25, 0.3) is 0 Å². The zero-order valence-corrected chi connectivity index (χ0v) is 12.3. The summed E-state index contributed by atoms with van der Waals surface area (Å²) >= 11 is 0. The fourth-order valence-electron chi connectivity index (χ4n) is 1.31. The van der Waals surface area contributed by atoms with Crippen molar-refractivity contribution in [2.75, 3.05) is 0 Å². The van der Waals surface area contributed by atoms with Crippen LogP contribution in [0, 0.1) is 5.41 Å². The van der Waals surface area contributed by atoms with Crippen molar-refractivity contribution in [2.24, 2.45) is 5.41 Å². The molecule has 0 fully saturated rings. The van der Waals surface area contributed by atoms with E-state index in [0.29, 0.717) is 11.8 Å². The molecule has 3 heteroatoms. The Morgan fingerprint density at radius 3 is 2.00 bits per heavy atom. The smallest absolute Gasteiger partial charge is 0.298 e. The van der Waals surface area contributed by atoms with Gasteiger partial charge in [-0.15, -0.1) is 0 Å². The highest BCUT2D eigenvalue weighted by molar-refractivity contribution is 5.68. The van der Waals surface area contributed by atoms with Crippen molar-refractivity contribution in [3.8, 4) is 0 Å². The predicted molar refractivity (Wildman–Crippen MR) is 69.5 cm³/mol. The standard InChI is InChI=1S/C14H28O3/c1-13(2,3)11-9-7-8-10-12(15)16-17-14(4,5)6/h7-11H2,1-6H3. The molecule has 0 aromatic carbocycles. The van der Waals surface area contributed by atoms with Crippen LogP contribution < -0.4 is 0 Å². The van der Waals surface area contributed by atoms with E-state index >= 15 is 0 Å². The van der Waals surface area contributed by atoms with Crippen LogP contribution >= 0.6 is 0 Å². The van der Waals surface area contributed by atoms with E-state index in [1.165, 1.54) is 6.42 Å². The molecule has 0 aliphatic rings. The Balaban J connectivity index is 3.47. The lowest BCUT2D eigenvalue weighted by Crippen LogP contribution is -2.21. The lowest BCUT2D eigenvalue weighted by Gasteiger charge is -2.18. The number of carbonyl (C=O) groups is 1. The first-order valence-corrected chi connectivity index (χ1v) is 6.49. The van der Waals surface area contributed by atoms with Gasteiger partial charge < -0.3 is 0 Å². The second kappa shape index (κ2) is 7.00. The van der Waals surface area contributed by atoms with Crippen LogP contribution in [0.3, 0.4) is 0 Å². The average molecular weight is 244 g/mol. The minimum atomic E-state index is -0.429. The summed E-state index contributed by atoms with van der Waals surface area (Å²) in [6, 6.07) is 0. The highest BCUT2D eigenvalue weighted by Crippen LogP contribution is 2.22. The third-order valence-electron chi connectivity index (χ3n) is 2.19. The average Bonchev–Trinajstić information content (AvgIpc) is 2.11. The maximum Gasteiger partial charge on any atom is 0.342 e. The van der Waals surface area contributed by atoms with Crippen LogP contribution in [0.15, 0.2) is 0 Å². The molecule has 0 unspecified atom stereocenters. The summed E-state index contributed by atoms with van der Waals surface area (Å²) < 4.78 is 0. The van der Waals surface area contributed by atoms with Crippen LogP contribution in [-0.4, -0.2) is 11.6 Å². The van der Waals surface area contributed by atoms with Crippen LogP contribution in [0.5, 0.6) is 0 Å². The Hall–Kier alpha value is -0.570. The van der Waals surface area contributed by atoms with Crippen molar-refractivity contribution in [3.05, 3.63) is 0 Å². The highest BCUT2D eigenvalue weighted by atomic mass is 17.2. The SMILES string of the molecule is CC(C)(C)CCCCCC(=O)OOC(C)(C)C. The second-order valence-corrected chi connectivity index (χ2v) is 6.77. The molecule has 0 aromatic rings. The Morgan fingerprint density at radius 2 is 1.53 bits per heavy atom. The predicted octanol–water partition coefficient (Wildman–Crippen LogP) is 4.26. The minimum absolute atomic E-state index is 0.268. The minimum Gasteiger partial charge on any atom is -0.298 e. The third-order valence-corrected chi connectivity index (χ3v) is 2.19. The zero-order chi connectivity index (χ0) is 13.5. The molecule has 0 bridgehead atoms. The van der Waals surface area contributed by atoms with E-state index in [4.69, 9.17) is 9.78 Å². The molecule has 0 radical (unpaired) electrons. The van der Waals surface area contributed by atoms with E-state index in [-0.39, 0.29) is 5.97 Å². The largest absolute Gasteiger partial charge is 0.342 e. The van der Waals surface area contributed by atoms with E-state index in [1.807, 2.05) is 20.8 Å². The van der Waals surface area contributed by atoms with Crippen molar-refractivity contribution >= 4 is 5.97 Å². The molecule has 0 amide bonds. The Bertz CT molecular complexity index is 221. The van der Waals surface area contributed by atoms with Gasteiger partial charge in [-0.25, -0.2) is 4.79 Å². The van der Waals surface area contributed by atoms with Crippen LogP contribution in [0.1, 0.15) is 73.6 Å². The van der Waals surface area contributed by atoms with Gasteiger partial charge >= 0.3 is 5.97 Å². The van der Waals surface area contributed by atoms with Crippen LogP contribution in [-0.2, 0) is 14.6 Å². The fraction of sp³-hybridized carbons (Fsp3) is 0.929. The van der Waals surface area contributed by atoms with E-state index in [2.05, 4.69) is 20.8 Å². The lowest BCUT2D eigenvalue weighted by atomic mass is 9.89. The third kappa shape index (κ3) is 13.4. The first-order valence-electron chi connectivity index (χ1n) is 6.49. The van der Waals surface area contributed by atoms with Gasteiger partial charge in [0, 0.05) is 6.42 Å². The molecular weight excluding hydrogens is 216 g/mol. The molecule has 0 saturated heterocycles. The molecule has 17 heavy (non-hydrogen) atoms. The molecule has 0 N–H and O–H groups in total. The summed E-state index contributed by atoms with van der Waals surface area (Å²) in [5.74, 6) is -0.268. The van der Waals surface area contributed by atoms with Crippen LogP contribution in [0.25, 0.3) is 0 Å². The molecule has 0 heterocycles. The summed E-state index contributed by atoms with van der Waals surface area (Å²) in [6.07, 6.45) is 4.75. The molecule has 0 spiro atoms. The molecule has 3 nitrogen and oxygen atoms in total. The topological polar surface area (TPSA) is 35.5 Å². The van der Waals surface area contributed by atoms with Gasteiger partial charge in [0.1, 0.15) is 5.60 Å². The Morgan fingerprint density at radius 1 is 0.941 bits per heavy atom. The summed E-state index contributed by atoms with van der Waals surface area (Å²) in [6.45, 7) is 12.3. The maximum atomic E-state index is 11.3. The number of hydrogen-bond acceptors (Lipinski definition) is 3. The lowest BCUT2D eigenvalue weighted by molar-refractivity contribution is -0.320. The Labute approximate surface area is 106 Å². The molecule has 0 atom stereocenters. The van der Waals surface area contributed by atoms with Crippen molar-refractivity contribution < 1.29 is 14.6 Å². The molecule has 102 valence electrons. The molecule has 0 aliphatic heterocycles. The second-order valence-electron chi connectivity index (χ2n) is 6.77. The quantitative estimate of drug-likeness (QED) is 0.398. The maximum absolute atomic E-state index is 11.3. The molecular formula is C14H28O3. The van der Waals surface area contributed by atoms with Gasteiger partial charge in [-0.3, -0.25) is 4.89 Å². The molecule has 0 saturated carbocycles. The molecule has 0 aliphatic carbocycles. The number of hydrogen-bond donors (Lipinski definition) is 0. The first kappa shape index (κ1) is 16.4. The summed E-state index contributed by atoms with van der Waals surface area (Å²) in [5.41, 5.74) is -0.0439. The first-order chi connectivity index (χ1) is 7.60. The van der Waals surface area contributed by atoms with Gasteiger partial charge in [0.15, 0.2) is 0 Å². The molecule has 0 rings (SSSR count). The van der Waals surface area contributed by atoms with E-state index in [0.717, 1.165) is 19.3 Å². The van der Waals surface area contributed by atoms with Crippen molar-refractivity contribution in [1.29, 1.82) is 0 Å². The van der Waals surface area contributed by atoms with Crippen LogP contribution in [0.4, 0.5) is 0 Å². The van der Waals surface area contributed by atoms with E-state index < -0.39 is 5.60 Å². The van der Waals surface area contributed by atoms with Crippen molar-refractivity contribution in [3.63, 3.8) is 0 Å². The summed E-state index contributed by atoms with van der Waals surface area (Å²) in [7, 11) is 0. The number of rotatable bonds is 6. The van der Waals surface area contributed by atoms with Gasteiger partial charge in [0.05, 0.1) is 0 Å². The zero-order valence-electron chi connectivity index (χ0n) is 12.3. The fourth-order valence-corrected chi connectivity index (χ4v) is 1.31. The Kier molecular flexibility index (Phi) is 6.76. The monoisotopic (exact) mass is 244 g/mol. The van der Waals surface area contributed by atoms with Gasteiger partial charge in [-0.05, 0) is 39.0 Å². The molecule has 0 aromatic heterocycles. The van der Waals surface area contributed by atoms with Crippen molar-refractivity contribution in [2.45, 2.75) is 79.2 Å². The van der Waals surface area contributed by atoms with E-state index in [1.54, 1.807) is 0 Å². The highest BCUT2D eigenvalue weighted by Gasteiger charge is 2.15. The summed E-state index contributed by atoms with van der Waals surface area (Å²) in [5, 5.41) is 0. The number of unbranched alkanes of at least 4 members (excludes halogenated alkanes) is 2. The van der Waals surface area contributed by atoms with Crippen molar-refractivity contribution in [1.82, 2.24) is 0 Å². The van der Waals surface area contributed by atoms with Gasteiger partial charge in [0.2, 0.25) is 0 Å². The number of carbonyl (C=O) groups excluding carboxylic acids is 1. The van der Waals surface area contributed by atoms with E-state index in [9.17, 15) is 4.79 Å². The van der Waals surface area contributed by atoms with Gasteiger partial charge in [-0.1, -0.05) is 33.6 Å².